The Morgan fingerprint density at radius 2 is 2.20 bits per heavy atom. The number of aromatic nitrogens is 1. The third-order valence-electron chi connectivity index (χ3n) is 2.84. The summed E-state index contributed by atoms with van der Waals surface area (Å²) in [4.78, 5) is 15.8. The van der Waals surface area contributed by atoms with E-state index in [0.717, 1.165) is 11.3 Å². The molecule has 0 radical (unpaired) electrons. The number of rotatable bonds is 5. The highest BCUT2D eigenvalue weighted by Gasteiger charge is 2.06. The van der Waals surface area contributed by atoms with Crippen LogP contribution < -0.4 is 10.1 Å². The number of carbonyl (C=O) groups excluding carboxylic acids is 1. The lowest BCUT2D eigenvalue weighted by atomic mass is 10.1. The Balaban J connectivity index is 1.89. The number of hydrogen-bond donors (Lipinski definition) is 1. The van der Waals surface area contributed by atoms with Crippen molar-refractivity contribution in [2.45, 2.75) is 6.42 Å². The van der Waals surface area contributed by atoms with Crippen LogP contribution in [0, 0.1) is 0 Å². The Morgan fingerprint density at radius 3 is 2.85 bits per heavy atom. The molecule has 1 N–H and O–H groups in total. The summed E-state index contributed by atoms with van der Waals surface area (Å²) in [7, 11) is 1.60. The fourth-order valence-electron chi connectivity index (χ4n) is 1.76. The summed E-state index contributed by atoms with van der Waals surface area (Å²) >= 11 is 6.14. The summed E-state index contributed by atoms with van der Waals surface area (Å²) in [6.45, 7) is 0.501. The fourth-order valence-corrected chi connectivity index (χ4v) is 2.02. The molecule has 0 aliphatic rings. The smallest absolute Gasteiger partial charge is 0.269 e. The van der Waals surface area contributed by atoms with Crippen LogP contribution >= 0.6 is 11.6 Å². The first-order chi connectivity index (χ1) is 9.70. The van der Waals surface area contributed by atoms with Gasteiger partial charge in [0.25, 0.3) is 5.91 Å². The molecule has 0 atom stereocenters. The van der Waals surface area contributed by atoms with Crippen molar-refractivity contribution in [1.82, 2.24) is 10.3 Å². The molecule has 2 aromatic rings. The van der Waals surface area contributed by atoms with E-state index >= 15 is 0 Å². The maximum absolute atomic E-state index is 11.8. The molecule has 0 spiro atoms. The summed E-state index contributed by atoms with van der Waals surface area (Å²) in [5.74, 6) is 0.534. The summed E-state index contributed by atoms with van der Waals surface area (Å²) < 4.78 is 5.09. The van der Waals surface area contributed by atoms with Crippen molar-refractivity contribution in [3.63, 3.8) is 0 Å². The number of nitrogens with one attached hydrogen (secondary N) is 1. The monoisotopic (exact) mass is 290 g/mol. The zero-order chi connectivity index (χ0) is 14.4. The second kappa shape index (κ2) is 6.91. The molecule has 2 rings (SSSR count). The van der Waals surface area contributed by atoms with Crippen molar-refractivity contribution >= 4 is 17.5 Å². The molecule has 0 aliphatic heterocycles. The first kappa shape index (κ1) is 14.3. The van der Waals surface area contributed by atoms with E-state index in [1.54, 1.807) is 37.6 Å². The van der Waals surface area contributed by atoms with E-state index in [1.165, 1.54) is 0 Å². The van der Waals surface area contributed by atoms with Gasteiger partial charge in [-0.3, -0.25) is 9.78 Å². The molecule has 0 aliphatic carbocycles. The maximum atomic E-state index is 11.8. The Morgan fingerprint density at radius 1 is 1.35 bits per heavy atom. The number of amides is 1. The highest BCUT2D eigenvalue weighted by Crippen LogP contribution is 2.22. The van der Waals surface area contributed by atoms with Gasteiger partial charge in [-0.2, -0.15) is 0 Å². The van der Waals surface area contributed by atoms with Crippen LogP contribution in [0.3, 0.4) is 0 Å². The number of pyridine rings is 1. The van der Waals surface area contributed by atoms with Crippen LogP contribution in [0.15, 0.2) is 42.6 Å². The lowest BCUT2D eigenvalue weighted by Crippen LogP contribution is -2.26. The maximum Gasteiger partial charge on any atom is 0.269 e. The van der Waals surface area contributed by atoms with Gasteiger partial charge in [0.05, 0.1) is 7.11 Å². The molecule has 20 heavy (non-hydrogen) atoms. The highest BCUT2D eigenvalue weighted by molar-refractivity contribution is 6.31. The third-order valence-corrected chi connectivity index (χ3v) is 3.19. The predicted octanol–water partition coefficient (Wildman–Crippen LogP) is 2.72. The first-order valence-corrected chi connectivity index (χ1v) is 6.60. The minimum atomic E-state index is -0.185. The standard InChI is InChI=1S/C15H15ClN2O2/c1-20-12-6-5-11(13(16)10-12)7-9-18-15(19)14-4-2-3-8-17-14/h2-6,8,10H,7,9H2,1H3,(H,18,19). The number of carbonyl (C=O) groups is 1. The van der Waals surface area contributed by atoms with Gasteiger partial charge in [0.15, 0.2) is 0 Å². The lowest BCUT2D eigenvalue weighted by molar-refractivity contribution is 0.0949. The van der Waals surface area contributed by atoms with Gasteiger partial charge in [0.2, 0.25) is 0 Å². The summed E-state index contributed by atoms with van der Waals surface area (Å²) in [5, 5.41) is 3.45. The van der Waals surface area contributed by atoms with Gasteiger partial charge in [-0.05, 0) is 36.2 Å². The second-order valence-corrected chi connectivity index (χ2v) is 4.59. The normalized spacial score (nSPS) is 10.1. The molecule has 1 aromatic heterocycles. The number of benzene rings is 1. The van der Waals surface area contributed by atoms with Crippen LogP contribution in [-0.2, 0) is 6.42 Å². The van der Waals surface area contributed by atoms with E-state index in [4.69, 9.17) is 16.3 Å². The molecule has 5 heteroatoms. The molecule has 0 saturated carbocycles. The molecule has 0 fully saturated rings. The molecule has 1 amide bonds. The zero-order valence-electron chi connectivity index (χ0n) is 11.1. The molecular formula is C15H15ClN2O2. The average Bonchev–Trinajstić information content (AvgIpc) is 2.49. The van der Waals surface area contributed by atoms with Crippen molar-refractivity contribution in [2.24, 2.45) is 0 Å². The van der Waals surface area contributed by atoms with E-state index < -0.39 is 0 Å². The van der Waals surface area contributed by atoms with Gasteiger partial charge >= 0.3 is 0 Å². The van der Waals surface area contributed by atoms with Gasteiger partial charge in [0, 0.05) is 17.8 Å². The van der Waals surface area contributed by atoms with Crippen LogP contribution in [0.2, 0.25) is 5.02 Å². The van der Waals surface area contributed by atoms with Crippen LogP contribution in [0.1, 0.15) is 16.1 Å². The average molecular weight is 291 g/mol. The van der Waals surface area contributed by atoms with E-state index in [1.807, 2.05) is 12.1 Å². The van der Waals surface area contributed by atoms with Crippen molar-refractivity contribution in [2.75, 3.05) is 13.7 Å². The number of halogens is 1. The number of methoxy groups -OCH3 is 1. The van der Waals surface area contributed by atoms with E-state index in [0.29, 0.717) is 23.7 Å². The van der Waals surface area contributed by atoms with Crippen LogP contribution in [0.4, 0.5) is 0 Å². The van der Waals surface area contributed by atoms with E-state index in [-0.39, 0.29) is 5.91 Å². The summed E-state index contributed by atoms with van der Waals surface area (Å²) in [5.41, 5.74) is 1.38. The molecule has 0 bridgehead atoms. The van der Waals surface area contributed by atoms with E-state index in [9.17, 15) is 4.79 Å². The minimum Gasteiger partial charge on any atom is -0.497 e. The van der Waals surface area contributed by atoms with Gasteiger partial charge < -0.3 is 10.1 Å². The van der Waals surface area contributed by atoms with Crippen LogP contribution in [-0.4, -0.2) is 24.5 Å². The minimum absolute atomic E-state index is 0.185. The molecule has 1 aromatic carbocycles. The highest BCUT2D eigenvalue weighted by atomic mass is 35.5. The molecule has 1 heterocycles. The quantitative estimate of drug-likeness (QED) is 0.921. The lowest BCUT2D eigenvalue weighted by Gasteiger charge is -2.08. The van der Waals surface area contributed by atoms with Gasteiger partial charge in [-0.25, -0.2) is 0 Å². The van der Waals surface area contributed by atoms with E-state index in [2.05, 4.69) is 10.3 Å². The van der Waals surface area contributed by atoms with Crippen molar-refractivity contribution in [3.05, 3.63) is 58.9 Å². The van der Waals surface area contributed by atoms with Crippen LogP contribution in [0.5, 0.6) is 5.75 Å². The van der Waals surface area contributed by atoms with Gasteiger partial charge in [-0.1, -0.05) is 23.7 Å². The Hall–Kier alpha value is -2.07. The largest absolute Gasteiger partial charge is 0.497 e. The zero-order valence-corrected chi connectivity index (χ0v) is 11.9. The molecule has 0 unspecified atom stereocenters. The van der Waals surface area contributed by atoms with Gasteiger partial charge in [-0.15, -0.1) is 0 Å². The molecular weight excluding hydrogens is 276 g/mol. The summed E-state index contributed by atoms with van der Waals surface area (Å²) in [6, 6.07) is 10.7. The van der Waals surface area contributed by atoms with Crippen molar-refractivity contribution in [1.29, 1.82) is 0 Å². The molecule has 0 saturated heterocycles. The Kier molecular flexibility index (Phi) is 4.96. The third kappa shape index (κ3) is 3.71. The number of nitrogens with zero attached hydrogens (tertiary/aromatic N) is 1. The second-order valence-electron chi connectivity index (χ2n) is 4.18. The number of ether oxygens (including phenoxy) is 1. The topological polar surface area (TPSA) is 51.2 Å². The van der Waals surface area contributed by atoms with Crippen molar-refractivity contribution in [3.8, 4) is 5.75 Å². The first-order valence-electron chi connectivity index (χ1n) is 6.22. The summed E-state index contributed by atoms with van der Waals surface area (Å²) in [6.07, 6.45) is 2.25. The van der Waals surface area contributed by atoms with Crippen molar-refractivity contribution < 1.29 is 9.53 Å². The molecule has 104 valence electrons. The predicted molar refractivity (Wildman–Crippen MR) is 78.3 cm³/mol. The fraction of sp³-hybridized carbons (Fsp3) is 0.200. The Labute approximate surface area is 122 Å². The number of hydrogen-bond acceptors (Lipinski definition) is 3. The SMILES string of the molecule is COc1ccc(CCNC(=O)c2ccccn2)c(Cl)c1. The molecule has 4 nitrogen and oxygen atoms in total. The Bertz CT molecular complexity index is 588. The van der Waals surface area contributed by atoms with Gasteiger partial charge in [0.1, 0.15) is 11.4 Å². The van der Waals surface area contributed by atoms with Crippen LogP contribution in [0.25, 0.3) is 0 Å².